The molecule has 2 aromatic heterocycles. The fourth-order valence-electron chi connectivity index (χ4n) is 3.36. The predicted molar refractivity (Wildman–Crippen MR) is 115 cm³/mol. The minimum absolute atomic E-state index is 0.0104. The summed E-state index contributed by atoms with van der Waals surface area (Å²) in [6.07, 6.45) is 1.73. The van der Waals surface area contributed by atoms with Crippen molar-refractivity contribution in [3.63, 3.8) is 0 Å². The van der Waals surface area contributed by atoms with Gasteiger partial charge in [0.2, 0.25) is 0 Å². The third kappa shape index (κ3) is 4.30. The molecule has 0 aliphatic heterocycles. The second kappa shape index (κ2) is 8.78. The number of esters is 1. The number of nitrogens with zero attached hydrogens (tertiary/aromatic N) is 3. The van der Waals surface area contributed by atoms with Gasteiger partial charge in [0.15, 0.2) is 0 Å². The summed E-state index contributed by atoms with van der Waals surface area (Å²) in [4.78, 5) is 55.9. The first-order valence-electron chi connectivity index (χ1n) is 9.86. The number of H-pyrrole nitrogens is 1. The van der Waals surface area contributed by atoms with Gasteiger partial charge in [-0.05, 0) is 30.7 Å². The molecule has 9 nitrogen and oxygen atoms in total. The van der Waals surface area contributed by atoms with E-state index in [-0.39, 0.29) is 37.2 Å². The molecule has 0 radical (unpaired) electrons. The summed E-state index contributed by atoms with van der Waals surface area (Å²) in [5, 5.41) is 0.915. The van der Waals surface area contributed by atoms with E-state index in [0.717, 1.165) is 4.57 Å². The average Bonchev–Trinajstić information content (AvgIpc) is 2.78. The molecule has 0 amide bonds. The van der Waals surface area contributed by atoms with Crippen LogP contribution in [0.25, 0.3) is 21.8 Å². The monoisotopic (exact) mass is 420 g/mol. The number of para-hydroxylation sites is 2. The van der Waals surface area contributed by atoms with E-state index >= 15 is 0 Å². The summed E-state index contributed by atoms with van der Waals surface area (Å²) in [5.74, 6) is -0.472. The standard InChI is InChI=1S/C22H20N4O5/c27-19(10-12-25-14-23-17-8-3-1-6-15(17)20(25)28)31-13-5-11-26-21(29)16-7-2-4-9-18(16)24-22(26)30/h1-4,6-9,14H,5,10-13H2,(H,24,30). The Hall–Kier alpha value is -4.01. The molecule has 158 valence electrons. The lowest BCUT2D eigenvalue weighted by Crippen LogP contribution is -2.35. The van der Waals surface area contributed by atoms with Crippen molar-refractivity contribution in [3.05, 3.63) is 86.1 Å². The molecular formula is C22H20N4O5. The number of aromatic amines is 1. The molecule has 9 heteroatoms. The van der Waals surface area contributed by atoms with E-state index < -0.39 is 11.7 Å². The number of carbonyl (C=O) groups excluding carboxylic acids is 1. The van der Waals surface area contributed by atoms with E-state index in [2.05, 4.69) is 9.97 Å². The van der Waals surface area contributed by atoms with E-state index in [9.17, 15) is 19.2 Å². The highest BCUT2D eigenvalue weighted by Gasteiger charge is 2.09. The minimum Gasteiger partial charge on any atom is -0.466 e. The Morgan fingerprint density at radius 3 is 2.52 bits per heavy atom. The van der Waals surface area contributed by atoms with Crippen molar-refractivity contribution >= 4 is 27.8 Å². The largest absolute Gasteiger partial charge is 0.466 e. The number of carbonyl (C=O) groups is 1. The number of benzene rings is 2. The SMILES string of the molecule is O=C(CCn1cnc2ccccc2c1=O)OCCCn1c(=O)[nH]c2ccccc2c1=O. The first kappa shape index (κ1) is 20.3. The van der Waals surface area contributed by atoms with Crippen molar-refractivity contribution in [1.82, 2.24) is 19.1 Å². The molecule has 0 unspecified atom stereocenters. The fourth-order valence-corrected chi connectivity index (χ4v) is 3.36. The van der Waals surface area contributed by atoms with Gasteiger partial charge in [-0.15, -0.1) is 0 Å². The second-order valence-electron chi connectivity index (χ2n) is 7.02. The molecule has 0 aliphatic rings. The Morgan fingerprint density at radius 1 is 0.935 bits per heavy atom. The lowest BCUT2D eigenvalue weighted by Gasteiger charge is -2.08. The smallest absolute Gasteiger partial charge is 0.328 e. The number of hydrogen-bond acceptors (Lipinski definition) is 6. The highest BCUT2D eigenvalue weighted by Crippen LogP contribution is 2.05. The van der Waals surface area contributed by atoms with Crippen molar-refractivity contribution < 1.29 is 9.53 Å². The maximum Gasteiger partial charge on any atom is 0.328 e. The van der Waals surface area contributed by atoms with Crippen molar-refractivity contribution in [2.45, 2.75) is 25.9 Å². The van der Waals surface area contributed by atoms with Crippen LogP contribution in [0.3, 0.4) is 0 Å². The van der Waals surface area contributed by atoms with Crippen molar-refractivity contribution in [1.29, 1.82) is 0 Å². The van der Waals surface area contributed by atoms with Gasteiger partial charge in [-0.25, -0.2) is 9.78 Å². The first-order chi connectivity index (χ1) is 15.0. The predicted octanol–water partition coefficient (Wildman–Crippen LogP) is 1.42. The van der Waals surface area contributed by atoms with Gasteiger partial charge in [-0.2, -0.15) is 0 Å². The second-order valence-corrected chi connectivity index (χ2v) is 7.02. The van der Waals surface area contributed by atoms with Gasteiger partial charge in [0, 0.05) is 13.1 Å². The molecule has 0 atom stereocenters. The topological polar surface area (TPSA) is 116 Å². The van der Waals surface area contributed by atoms with Crippen LogP contribution < -0.4 is 16.8 Å². The van der Waals surface area contributed by atoms with Crippen molar-refractivity contribution in [3.8, 4) is 0 Å². The molecule has 0 saturated carbocycles. The van der Waals surface area contributed by atoms with Crippen LogP contribution >= 0.6 is 0 Å². The van der Waals surface area contributed by atoms with Gasteiger partial charge in [-0.1, -0.05) is 24.3 Å². The highest BCUT2D eigenvalue weighted by molar-refractivity contribution is 5.77. The summed E-state index contributed by atoms with van der Waals surface area (Å²) >= 11 is 0. The Bertz CT molecular complexity index is 1430. The molecule has 0 spiro atoms. The van der Waals surface area contributed by atoms with E-state index in [1.54, 1.807) is 48.5 Å². The summed E-state index contributed by atoms with van der Waals surface area (Å²) in [6.45, 7) is 0.335. The molecule has 31 heavy (non-hydrogen) atoms. The van der Waals surface area contributed by atoms with E-state index in [1.807, 2.05) is 0 Å². The van der Waals surface area contributed by atoms with Crippen LogP contribution in [-0.2, 0) is 22.6 Å². The molecule has 2 aromatic carbocycles. The molecule has 4 aromatic rings. The van der Waals surface area contributed by atoms with Crippen molar-refractivity contribution in [2.24, 2.45) is 0 Å². The number of fused-ring (bicyclic) bond motifs is 2. The van der Waals surface area contributed by atoms with Gasteiger partial charge in [0.1, 0.15) is 0 Å². The van der Waals surface area contributed by atoms with Crippen LogP contribution in [-0.4, -0.2) is 31.7 Å². The van der Waals surface area contributed by atoms with Crippen LogP contribution in [0.5, 0.6) is 0 Å². The lowest BCUT2D eigenvalue weighted by molar-refractivity contribution is -0.144. The van der Waals surface area contributed by atoms with Gasteiger partial charge in [-0.3, -0.25) is 23.5 Å². The van der Waals surface area contributed by atoms with Gasteiger partial charge in [0.25, 0.3) is 11.1 Å². The Labute approximate surface area is 175 Å². The summed E-state index contributed by atoms with van der Waals surface area (Å²) in [5.41, 5.74) is -0.00999. The maximum absolute atomic E-state index is 12.5. The number of rotatable bonds is 7. The Morgan fingerprint density at radius 2 is 1.68 bits per heavy atom. The Balaban J connectivity index is 1.31. The fraction of sp³-hybridized carbons (Fsp3) is 0.227. The van der Waals surface area contributed by atoms with E-state index in [1.165, 1.54) is 10.9 Å². The molecule has 0 aliphatic carbocycles. The minimum atomic E-state index is -0.502. The number of nitrogens with one attached hydrogen (secondary N) is 1. The zero-order valence-corrected chi connectivity index (χ0v) is 16.6. The molecule has 4 rings (SSSR count). The molecule has 0 fully saturated rings. The lowest BCUT2D eigenvalue weighted by atomic mass is 10.2. The van der Waals surface area contributed by atoms with Crippen molar-refractivity contribution in [2.75, 3.05) is 6.61 Å². The average molecular weight is 420 g/mol. The highest BCUT2D eigenvalue weighted by atomic mass is 16.5. The zero-order chi connectivity index (χ0) is 21.8. The van der Waals surface area contributed by atoms with Gasteiger partial charge >= 0.3 is 11.7 Å². The van der Waals surface area contributed by atoms with Crippen LogP contribution in [0, 0.1) is 0 Å². The van der Waals surface area contributed by atoms with Crippen LogP contribution in [0.15, 0.2) is 69.2 Å². The quantitative estimate of drug-likeness (QED) is 0.357. The van der Waals surface area contributed by atoms with Crippen LogP contribution in [0.2, 0.25) is 0 Å². The molecule has 0 saturated heterocycles. The summed E-state index contributed by atoms with van der Waals surface area (Å²) in [6, 6.07) is 13.8. The van der Waals surface area contributed by atoms with Gasteiger partial charge in [0.05, 0.1) is 41.2 Å². The van der Waals surface area contributed by atoms with E-state index in [0.29, 0.717) is 28.2 Å². The van der Waals surface area contributed by atoms with Crippen LogP contribution in [0.4, 0.5) is 0 Å². The normalized spacial score (nSPS) is 11.1. The number of ether oxygens (including phenoxy) is 1. The first-order valence-corrected chi connectivity index (χ1v) is 9.86. The molecule has 0 bridgehead atoms. The zero-order valence-electron chi connectivity index (χ0n) is 16.6. The molecule has 1 N–H and O–H groups in total. The molecular weight excluding hydrogens is 400 g/mol. The number of aryl methyl sites for hydroxylation is 1. The van der Waals surface area contributed by atoms with Gasteiger partial charge < -0.3 is 9.72 Å². The summed E-state index contributed by atoms with van der Waals surface area (Å²) in [7, 11) is 0. The van der Waals surface area contributed by atoms with Crippen LogP contribution in [0.1, 0.15) is 12.8 Å². The van der Waals surface area contributed by atoms with E-state index in [4.69, 9.17) is 4.74 Å². The third-order valence-corrected chi connectivity index (χ3v) is 4.97. The summed E-state index contributed by atoms with van der Waals surface area (Å²) < 4.78 is 7.64. The number of aromatic nitrogens is 4. The number of hydrogen-bond donors (Lipinski definition) is 1. The third-order valence-electron chi connectivity index (χ3n) is 4.97. The Kier molecular flexibility index (Phi) is 5.74. The molecule has 2 heterocycles. The maximum atomic E-state index is 12.5.